The van der Waals surface area contributed by atoms with Crippen molar-refractivity contribution in [3.8, 4) is 0 Å². The zero-order valence-electron chi connectivity index (χ0n) is 13.0. The summed E-state index contributed by atoms with van der Waals surface area (Å²) in [6, 6.07) is 3.60. The SMILES string of the molecule is CC.CC.CC(=O)CC(C)C.Nc1cccnc1. The van der Waals surface area contributed by atoms with Gasteiger partial charge in [0.1, 0.15) is 5.78 Å². The molecule has 0 unspecified atom stereocenters. The third kappa shape index (κ3) is 24.0. The quantitative estimate of drug-likeness (QED) is 0.854. The van der Waals surface area contributed by atoms with Crippen molar-refractivity contribution in [1.82, 2.24) is 4.98 Å². The van der Waals surface area contributed by atoms with Crippen molar-refractivity contribution in [1.29, 1.82) is 0 Å². The molecule has 0 aromatic carbocycles. The predicted octanol–water partition coefficient (Wildman–Crippen LogP) is 4.34. The topological polar surface area (TPSA) is 56.0 Å². The molecule has 2 N–H and O–H groups in total. The average Bonchev–Trinajstić information content (AvgIpc) is 2.34. The summed E-state index contributed by atoms with van der Waals surface area (Å²) >= 11 is 0. The molecule has 3 heteroatoms. The summed E-state index contributed by atoms with van der Waals surface area (Å²) in [5, 5.41) is 0. The van der Waals surface area contributed by atoms with Gasteiger partial charge in [-0.2, -0.15) is 0 Å². The number of nitrogens with two attached hydrogens (primary N) is 1. The molecule has 106 valence electrons. The molecule has 0 aliphatic heterocycles. The number of carbonyl (C=O) groups is 1. The van der Waals surface area contributed by atoms with E-state index in [4.69, 9.17) is 5.73 Å². The molecule has 3 nitrogen and oxygen atoms in total. The number of aromatic nitrogens is 1. The van der Waals surface area contributed by atoms with Crippen molar-refractivity contribution in [3.63, 3.8) is 0 Å². The van der Waals surface area contributed by atoms with Crippen LogP contribution in [0.3, 0.4) is 0 Å². The van der Waals surface area contributed by atoms with Gasteiger partial charge in [0.25, 0.3) is 0 Å². The maximum Gasteiger partial charge on any atom is 0.130 e. The third-order valence-electron chi connectivity index (χ3n) is 1.38. The smallest absolute Gasteiger partial charge is 0.130 e. The Morgan fingerprint density at radius 2 is 1.78 bits per heavy atom. The van der Waals surface area contributed by atoms with E-state index in [1.165, 1.54) is 0 Å². The van der Waals surface area contributed by atoms with Gasteiger partial charge in [0, 0.05) is 18.8 Å². The molecule has 0 spiro atoms. The van der Waals surface area contributed by atoms with Crippen LogP contribution < -0.4 is 5.73 Å². The van der Waals surface area contributed by atoms with Crippen LogP contribution in [0.4, 0.5) is 5.69 Å². The van der Waals surface area contributed by atoms with Crippen LogP contribution in [-0.4, -0.2) is 10.8 Å². The van der Waals surface area contributed by atoms with Crippen LogP contribution in [0.2, 0.25) is 0 Å². The monoisotopic (exact) mass is 254 g/mol. The lowest BCUT2D eigenvalue weighted by Gasteiger charge is -1.95. The molecule has 1 heterocycles. The Bertz CT molecular complexity index is 258. The van der Waals surface area contributed by atoms with E-state index in [1.807, 2.05) is 41.5 Å². The predicted molar refractivity (Wildman–Crippen MR) is 81.5 cm³/mol. The summed E-state index contributed by atoms with van der Waals surface area (Å²) < 4.78 is 0. The van der Waals surface area contributed by atoms with Gasteiger partial charge in [0.2, 0.25) is 0 Å². The molecule has 1 rings (SSSR count). The summed E-state index contributed by atoms with van der Waals surface area (Å²) in [7, 11) is 0. The van der Waals surface area contributed by atoms with E-state index in [2.05, 4.69) is 4.98 Å². The second-order valence-corrected chi connectivity index (χ2v) is 3.59. The lowest BCUT2D eigenvalue weighted by molar-refractivity contribution is -0.117. The summed E-state index contributed by atoms with van der Waals surface area (Å²) in [5.41, 5.74) is 6.01. The fourth-order valence-electron chi connectivity index (χ4n) is 0.951. The highest BCUT2D eigenvalue weighted by molar-refractivity contribution is 5.75. The number of carbonyl (C=O) groups excluding carboxylic acids is 1. The fraction of sp³-hybridized carbons (Fsp3) is 0.600. The molecule has 0 saturated heterocycles. The number of Topliss-reactive ketones (excluding diaryl/α,β-unsaturated/α-hetero) is 1. The second-order valence-electron chi connectivity index (χ2n) is 3.59. The van der Waals surface area contributed by atoms with Gasteiger partial charge in [0.15, 0.2) is 0 Å². The molecule has 0 aliphatic rings. The van der Waals surface area contributed by atoms with Gasteiger partial charge >= 0.3 is 0 Å². The lowest BCUT2D eigenvalue weighted by Crippen LogP contribution is -1.95. The first-order chi connectivity index (χ1) is 8.52. The number of hydrogen-bond acceptors (Lipinski definition) is 3. The van der Waals surface area contributed by atoms with Crippen LogP contribution in [0.15, 0.2) is 24.5 Å². The molecule has 0 bridgehead atoms. The van der Waals surface area contributed by atoms with Crippen LogP contribution in [0, 0.1) is 5.92 Å². The van der Waals surface area contributed by atoms with Crippen LogP contribution in [0.1, 0.15) is 54.9 Å². The van der Waals surface area contributed by atoms with Gasteiger partial charge < -0.3 is 10.5 Å². The first kappa shape index (κ1) is 21.9. The maximum atomic E-state index is 10.3. The maximum absolute atomic E-state index is 10.3. The molecule has 1 aromatic rings. The second kappa shape index (κ2) is 18.0. The van der Waals surface area contributed by atoms with E-state index in [0.717, 1.165) is 6.42 Å². The first-order valence-electron chi connectivity index (χ1n) is 6.67. The van der Waals surface area contributed by atoms with E-state index in [9.17, 15) is 4.79 Å². The molecule has 0 atom stereocenters. The van der Waals surface area contributed by atoms with Crippen molar-refractivity contribution in [2.45, 2.75) is 54.9 Å². The van der Waals surface area contributed by atoms with Gasteiger partial charge in [-0.3, -0.25) is 4.98 Å². The Morgan fingerprint density at radius 1 is 1.28 bits per heavy atom. The van der Waals surface area contributed by atoms with Crippen LogP contribution in [-0.2, 0) is 4.79 Å². The standard InChI is InChI=1S/C6H12O.C5H6N2.2C2H6/c1-5(2)4-6(3)7;6-5-2-1-3-7-4-5;2*1-2/h5H,4H2,1-3H3;1-4H,6H2;2*1-2H3. The van der Waals surface area contributed by atoms with E-state index in [1.54, 1.807) is 31.5 Å². The molecule has 1 aromatic heterocycles. The minimum Gasteiger partial charge on any atom is -0.397 e. The Kier molecular flexibility index (Phi) is 21.9. The summed E-state index contributed by atoms with van der Waals surface area (Å²) in [6.07, 6.45) is 4.02. The van der Waals surface area contributed by atoms with Gasteiger partial charge in [-0.25, -0.2) is 0 Å². The van der Waals surface area contributed by atoms with Crippen molar-refractivity contribution in [3.05, 3.63) is 24.5 Å². The van der Waals surface area contributed by atoms with E-state index in [0.29, 0.717) is 11.6 Å². The van der Waals surface area contributed by atoms with Gasteiger partial charge in [-0.1, -0.05) is 41.5 Å². The van der Waals surface area contributed by atoms with E-state index in [-0.39, 0.29) is 5.78 Å². The van der Waals surface area contributed by atoms with Gasteiger partial charge in [-0.15, -0.1) is 0 Å². The van der Waals surface area contributed by atoms with Gasteiger partial charge in [0.05, 0.1) is 5.69 Å². The normalized spacial score (nSPS) is 7.78. The van der Waals surface area contributed by atoms with Crippen LogP contribution in [0.25, 0.3) is 0 Å². The summed E-state index contributed by atoms with van der Waals surface area (Å²) in [5.74, 6) is 0.813. The molecule has 0 aliphatic carbocycles. The first-order valence-corrected chi connectivity index (χ1v) is 6.67. The van der Waals surface area contributed by atoms with Crippen molar-refractivity contribution < 1.29 is 4.79 Å². The highest BCUT2D eigenvalue weighted by atomic mass is 16.1. The summed E-state index contributed by atoms with van der Waals surface area (Å²) in [6.45, 7) is 13.7. The van der Waals surface area contributed by atoms with Crippen LogP contribution in [0.5, 0.6) is 0 Å². The number of hydrogen-bond donors (Lipinski definition) is 1. The molecule has 0 saturated carbocycles. The fourth-order valence-corrected chi connectivity index (χ4v) is 0.951. The van der Waals surface area contributed by atoms with Crippen molar-refractivity contribution in [2.24, 2.45) is 5.92 Å². The number of pyridine rings is 1. The minimum atomic E-state index is 0.287. The minimum absolute atomic E-state index is 0.287. The Balaban J connectivity index is -0.000000196. The lowest BCUT2D eigenvalue weighted by atomic mass is 10.1. The number of nitrogen functional groups attached to an aromatic ring is 1. The Labute approximate surface area is 113 Å². The molecule has 0 radical (unpaired) electrons. The molecule has 0 amide bonds. The zero-order valence-corrected chi connectivity index (χ0v) is 13.0. The molecule has 18 heavy (non-hydrogen) atoms. The van der Waals surface area contributed by atoms with Crippen LogP contribution >= 0.6 is 0 Å². The Morgan fingerprint density at radius 3 is 1.89 bits per heavy atom. The summed E-state index contributed by atoms with van der Waals surface area (Å²) in [4.78, 5) is 14.0. The number of rotatable bonds is 2. The van der Waals surface area contributed by atoms with E-state index < -0.39 is 0 Å². The number of anilines is 1. The molecular weight excluding hydrogens is 224 g/mol. The van der Waals surface area contributed by atoms with Gasteiger partial charge in [-0.05, 0) is 25.0 Å². The number of ketones is 1. The highest BCUT2D eigenvalue weighted by Crippen LogP contribution is 1.97. The third-order valence-corrected chi connectivity index (χ3v) is 1.38. The Hall–Kier alpha value is -1.38. The largest absolute Gasteiger partial charge is 0.397 e. The van der Waals surface area contributed by atoms with E-state index >= 15 is 0 Å². The van der Waals surface area contributed by atoms with Crippen molar-refractivity contribution in [2.75, 3.05) is 5.73 Å². The zero-order chi connectivity index (χ0) is 15.0. The number of nitrogens with zero attached hydrogens (tertiary/aromatic N) is 1. The molecule has 0 fully saturated rings. The van der Waals surface area contributed by atoms with Crippen molar-refractivity contribution >= 4 is 11.5 Å². The molecular formula is C15H30N2O. The average molecular weight is 254 g/mol. The highest BCUT2D eigenvalue weighted by Gasteiger charge is 1.95.